The van der Waals surface area contributed by atoms with Crippen LogP contribution in [0.3, 0.4) is 0 Å². The van der Waals surface area contributed by atoms with E-state index in [0.717, 1.165) is 4.70 Å². The molecule has 0 fully saturated rings. The number of amides is 1. The maximum absolute atomic E-state index is 12.7. The van der Waals surface area contributed by atoms with E-state index < -0.39 is 21.9 Å². The molecule has 0 aliphatic carbocycles. The van der Waals surface area contributed by atoms with E-state index >= 15 is 0 Å². The van der Waals surface area contributed by atoms with Gasteiger partial charge in [0.1, 0.15) is 10.6 Å². The van der Waals surface area contributed by atoms with Crippen LogP contribution in [0.5, 0.6) is 0 Å². The molecule has 0 unspecified atom stereocenters. The second-order valence-electron chi connectivity index (χ2n) is 6.36. The Hall–Kier alpha value is -2.75. The number of nitrogens with one attached hydrogen (secondary N) is 1. The van der Waals surface area contributed by atoms with Crippen molar-refractivity contribution in [3.63, 3.8) is 0 Å². The lowest BCUT2D eigenvalue weighted by atomic mass is 10.1. The molecule has 0 bridgehead atoms. The van der Waals surface area contributed by atoms with Gasteiger partial charge in [0, 0.05) is 28.7 Å². The second-order valence-corrected chi connectivity index (χ2v) is 9.35. The van der Waals surface area contributed by atoms with Crippen LogP contribution in [0.25, 0.3) is 10.1 Å². The number of fused-ring (bicyclic) bond motifs is 1. The number of sulfonamides is 1. The van der Waals surface area contributed by atoms with Gasteiger partial charge in [-0.1, -0.05) is 32.0 Å². The summed E-state index contributed by atoms with van der Waals surface area (Å²) in [5.74, 6) is -0.984. The van der Waals surface area contributed by atoms with E-state index in [9.17, 15) is 18.0 Å². The fourth-order valence-corrected chi connectivity index (χ4v) is 5.65. The van der Waals surface area contributed by atoms with Gasteiger partial charge in [-0.05, 0) is 30.3 Å². The number of ether oxygens (including phenoxy) is 1. The first-order chi connectivity index (χ1) is 14.3. The number of esters is 1. The van der Waals surface area contributed by atoms with Gasteiger partial charge in [0.05, 0.1) is 12.0 Å². The van der Waals surface area contributed by atoms with Crippen molar-refractivity contribution in [2.45, 2.75) is 18.7 Å². The summed E-state index contributed by atoms with van der Waals surface area (Å²) < 4.78 is 32.3. The molecule has 30 heavy (non-hydrogen) atoms. The summed E-state index contributed by atoms with van der Waals surface area (Å²) in [7, 11) is -2.31. The Morgan fingerprint density at radius 3 is 2.27 bits per heavy atom. The van der Waals surface area contributed by atoms with Crippen molar-refractivity contribution in [2.75, 3.05) is 25.5 Å². The zero-order valence-corrected chi connectivity index (χ0v) is 18.5. The third-order valence-corrected chi connectivity index (χ3v) is 7.82. The predicted molar refractivity (Wildman–Crippen MR) is 118 cm³/mol. The Morgan fingerprint density at radius 2 is 1.67 bits per heavy atom. The number of anilines is 1. The minimum atomic E-state index is -3.60. The van der Waals surface area contributed by atoms with Crippen LogP contribution >= 0.6 is 11.3 Å². The van der Waals surface area contributed by atoms with Gasteiger partial charge < -0.3 is 10.1 Å². The van der Waals surface area contributed by atoms with Gasteiger partial charge in [0.25, 0.3) is 5.91 Å². The van der Waals surface area contributed by atoms with E-state index in [0.29, 0.717) is 29.0 Å². The zero-order valence-electron chi connectivity index (χ0n) is 16.8. The summed E-state index contributed by atoms with van der Waals surface area (Å²) in [6.45, 7) is 4.27. The van der Waals surface area contributed by atoms with Crippen molar-refractivity contribution in [3.8, 4) is 0 Å². The Bertz CT molecular complexity index is 1180. The van der Waals surface area contributed by atoms with Gasteiger partial charge in [-0.25, -0.2) is 13.2 Å². The van der Waals surface area contributed by atoms with Gasteiger partial charge in [-0.3, -0.25) is 4.79 Å². The maximum atomic E-state index is 12.7. The average molecular weight is 447 g/mol. The number of carbonyl (C=O) groups is 2. The van der Waals surface area contributed by atoms with E-state index in [-0.39, 0.29) is 10.5 Å². The predicted octanol–water partition coefficient (Wildman–Crippen LogP) is 3.97. The second kappa shape index (κ2) is 8.95. The molecule has 0 atom stereocenters. The molecule has 7 nitrogen and oxygen atoms in total. The topological polar surface area (TPSA) is 92.8 Å². The molecule has 0 aliphatic rings. The van der Waals surface area contributed by atoms with Gasteiger partial charge in [0.2, 0.25) is 10.0 Å². The molecule has 0 aliphatic heterocycles. The highest BCUT2D eigenvalue weighted by Gasteiger charge is 2.23. The molecule has 1 aromatic heterocycles. The minimum Gasteiger partial charge on any atom is -0.465 e. The molecule has 3 aromatic rings. The molecular weight excluding hydrogens is 424 g/mol. The van der Waals surface area contributed by atoms with Crippen molar-refractivity contribution in [2.24, 2.45) is 0 Å². The van der Waals surface area contributed by atoms with Crippen molar-refractivity contribution in [1.82, 2.24) is 4.31 Å². The molecule has 0 spiro atoms. The van der Waals surface area contributed by atoms with E-state index in [1.165, 1.54) is 47.0 Å². The highest BCUT2D eigenvalue weighted by Crippen LogP contribution is 2.36. The summed E-state index contributed by atoms with van der Waals surface area (Å²) in [6.07, 6.45) is 0. The number of benzene rings is 2. The minimum absolute atomic E-state index is 0.125. The Labute approximate surface area is 179 Å². The largest absolute Gasteiger partial charge is 0.465 e. The Morgan fingerprint density at radius 1 is 1.03 bits per heavy atom. The quantitative estimate of drug-likeness (QED) is 0.555. The van der Waals surface area contributed by atoms with E-state index in [2.05, 4.69) is 5.32 Å². The molecule has 0 saturated heterocycles. The molecule has 0 radical (unpaired) electrons. The standard InChI is InChI=1S/C21H22N2O5S2/c1-4-23(5-2)30(26,27)15-12-10-14(11-13-15)19(24)22-20-18(21(25)28-3)16-8-6-7-9-17(16)29-20/h6-13H,4-5H2,1-3H3,(H,22,24). The molecule has 2 aromatic carbocycles. The number of methoxy groups -OCH3 is 1. The normalized spacial score (nSPS) is 11.6. The number of hydrogen-bond donors (Lipinski definition) is 1. The van der Waals surface area contributed by atoms with Crippen LogP contribution < -0.4 is 5.32 Å². The van der Waals surface area contributed by atoms with Gasteiger partial charge >= 0.3 is 5.97 Å². The van der Waals surface area contributed by atoms with Crippen LogP contribution in [-0.4, -0.2) is 44.8 Å². The van der Waals surface area contributed by atoms with Crippen molar-refractivity contribution in [3.05, 3.63) is 59.7 Å². The van der Waals surface area contributed by atoms with Crippen LogP contribution in [0.4, 0.5) is 5.00 Å². The van der Waals surface area contributed by atoms with Gasteiger partial charge in [-0.2, -0.15) is 4.31 Å². The van der Waals surface area contributed by atoms with Crippen molar-refractivity contribution < 1.29 is 22.7 Å². The summed E-state index contributed by atoms with van der Waals surface area (Å²) >= 11 is 1.27. The lowest BCUT2D eigenvalue weighted by Crippen LogP contribution is -2.30. The molecule has 1 N–H and O–H groups in total. The first-order valence-corrected chi connectivity index (χ1v) is 11.6. The zero-order chi connectivity index (χ0) is 21.9. The molecular formula is C21H22N2O5S2. The van der Waals surface area contributed by atoms with Crippen LogP contribution in [0.2, 0.25) is 0 Å². The third-order valence-electron chi connectivity index (χ3n) is 4.67. The smallest absolute Gasteiger partial charge is 0.341 e. The molecule has 1 amide bonds. The monoisotopic (exact) mass is 446 g/mol. The summed E-state index contributed by atoms with van der Waals surface area (Å²) in [5.41, 5.74) is 0.578. The molecule has 0 saturated carbocycles. The summed E-state index contributed by atoms with van der Waals surface area (Å²) in [6, 6.07) is 13.0. The van der Waals surface area contributed by atoms with Gasteiger partial charge in [0.15, 0.2) is 0 Å². The molecule has 9 heteroatoms. The van der Waals surface area contributed by atoms with E-state index in [1.807, 2.05) is 18.2 Å². The molecule has 3 rings (SSSR count). The fraction of sp³-hybridized carbons (Fsp3) is 0.238. The van der Waals surface area contributed by atoms with Crippen LogP contribution in [0, 0.1) is 0 Å². The number of carbonyl (C=O) groups excluding carboxylic acids is 2. The number of rotatable bonds is 7. The van der Waals surface area contributed by atoms with E-state index in [4.69, 9.17) is 4.74 Å². The summed E-state index contributed by atoms with van der Waals surface area (Å²) in [4.78, 5) is 25.1. The molecule has 158 valence electrons. The first kappa shape index (κ1) is 21.9. The number of hydrogen-bond acceptors (Lipinski definition) is 6. The van der Waals surface area contributed by atoms with E-state index in [1.54, 1.807) is 19.9 Å². The highest BCUT2D eigenvalue weighted by atomic mass is 32.2. The van der Waals surface area contributed by atoms with Crippen molar-refractivity contribution >= 4 is 48.3 Å². The fourth-order valence-electron chi connectivity index (χ4n) is 3.10. The van der Waals surface area contributed by atoms with Crippen LogP contribution in [-0.2, 0) is 14.8 Å². The number of thiophene rings is 1. The summed E-state index contributed by atoms with van der Waals surface area (Å²) in [5, 5.41) is 3.84. The van der Waals surface area contributed by atoms with Crippen molar-refractivity contribution in [1.29, 1.82) is 0 Å². The average Bonchev–Trinajstić information content (AvgIpc) is 3.11. The SMILES string of the molecule is CCN(CC)S(=O)(=O)c1ccc(C(=O)Nc2sc3ccccc3c2C(=O)OC)cc1. The highest BCUT2D eigenvalue weighted by molar-refractivity contribution is 7.89. The van der Waals surface area contributed by atoms with Gasteiger partial charge in [-0.15, -0.1) is 11.3 Å². The Balaban J connectivity index is 1.90. The number of nitrogens with zero attached hydrogens (tertiary/aromatic N) is 1. The Kier molecular flexibility index (Phi) is 6.55. The first-order valence-electron chi connectivity index (χ1n) is 9.34. The third kappa shape index (κ3) is 4.09. The lowest BCUT2D eigenvalue weighted by molar-refractivity contribution is 0.0604. The van der Waals surface area contributed by atoms with Crippen LogP contribution in [0.15, 0.2) is 53.4 Å². The van der Waals surface area contributed by atoms with Crippen LogP contribution in [0.1, 0.15) is 34.6 Å². The maximum Gasteiger partial charge on any atom is 0.341 e. The lowest BCUT2D eigenvalue weighted by Gasteiger charge is -2.18. The molecule has 1 heterocycles.